The lowest BCUT2D eigenvalue weighted by Gasteiger charge is -2.15. The van der Waals surface area contributed by atoms with Gasteiger partial charge in [-0.2, -0.15) is 0 Å². The van der Waals surface area contributed by atoms with Crippen LogP contribution in [0.5, 0.6) is 5.75 Å². The first-order valence-electron chi connectivity index (χ1n) is 5.17. The van der Waals surface area contributed by atoms with Crippen LogP contribution in [0.3, 0.4) is 0 Å². The lowest BCUT2D eigenvalue weighted by atomic mass is 10.1. The van der Waals surface area contributed by atoms with Crippen LogP contribution in [0.15, 0.2) is 24.3 Å². The Morgan fingerprint density at radius 2 is 1.88 bits per heavy atom. The Morgan fingerprint density at radius 3 is 2.56 bits per heavy atom. The predicted octanol–water partition coefficient (Wildman–Crippen LogP) is 1.39. The molecule has 1 unspecified atom stereocenters. The molecule has 0 heterocycles. The highest BCUT2D eigenvalue weighted by atomic mass is 16.5. The highest BCUT2D eigenvalue weighted by Gasteiger charge is 2.12. The lowest BCUT2D eigenvalue weighted by molar-refractivity contribution is 0.0614. The van der Waals surface area contributed by atoms with Crippen molar-refractivity contribution in [2.45, 2.75) is 6.10 Å². The maximum Gasteiger partial charge on any atom is 0.125 e. The first kappa shape index (κ1) is 13.0. The van der Waals surface area contributed by atoms with Crippen molar-refractivity contribution in [1.29, 1.82) is 0 Å². The second kappa shape index (κ2) is 7.22. The van der Waals surface area contributed by atoms with Gasteiger partial charge in [0.05, 0.1) is 13.2 Å². The van der Waals surface area contributed by atoms with Crippen molar-refractivity contribution in [3.63, 3.8) is 0 Å². The average molecular weight is 226 g/mol. The van der Waals surface area contributed by atoms with E-state index in [2.05, 4.69) is 0 Å². The maximum absolute atomic E-state index is 9.82. The topological polar surface area (TPSA) is 47.9 Å². The van der Waals surface area contributed by atoms with E-state index >= 15 is 0 Å². The Hall–Kier alpha value is -1.10. The highest BCUT2D eigenvalue weighted by Crippen LogP contribution is 2.24. The molecule has 1 aromatic carbocycles. The van der Waals surface area contributed by atoms with Gasteiger partial charge < -0.3 is 19.3 Å². The normalized spacial score (nSPS) is 12.4. The molecule has 4 heteroatoms. The molecule has 1 N–H and O–H groups in total. The molecule has 0 aliphatic heterocycles. The molecule has 0 saturated heterocycles. The summed E-state index contributed by atoms with van der Waals surface area (Å²) in [6, 6.07) is 7.37. The number of benzene rings is 1. The summed E-state index contributed by atoms with van der Waals surface area (Å²) in [5, 5.41) is 9.82. The molecule has 16 heavy (non-hydrogen) atoms. The summed E-state index contributed by atoms with van der Waals surface area (Å²) < 4.78 is 15.3. The Kier molecular flexibility index (Phi) is 5.85. The van der Waals surface area contributed by atoms with Crippen LogP contribution in [0.1, 0.15) is 11.7 Å². The van der Waals surface area contributed by atoms with Crippen LogP contribution in [0.25, 0.3) is 0 Å². The van der Waals surface area contributed by atoms with Crippen molar-refractivity contribution in [1.82, 2.24) is 0 Å². The first-order chi connectivity index (χ1) is 7.79. The van der Waals surface area contributed by atoms with Crippen LogP contribution in [-0.4, -0.2) is 39.1 Å². The molecule has 4 nitrogen and oxygen atoms in total. The summed E-state index contributed by atoms with van der Waals surface area (Å²) in [7, 11) is 3.17. The Labute approximate surface area is 95.8 Å². The molecule has 0 radical (unpaired) electrons. The SMILES string of the molecule is COCCOc1ccccc1C(O)COC. The van der Waals surface area contributed by atoms with Crippen molar-refractivity contribution in [2.24, 2.45) is 0 Å². The molecule has 0 amide bonds. The number of hydrogen-bond acceptors (Lipinski definition) is 4. The molecular weight excluding hydrogens is 208 g/mol. The summed E-state index contributed by atoms with van der Waals surface area (Å²) in [4.78, 5) is 0. The molecule has 1 atom stereocenters. The van der Waals surface area contributed by atoms with E-state index in [-0.39, 0.29) is 6.61 Å². The van der Waals surface area contributed by atoms with Gasteiger partial charge in [0.1, 0.15) is 18.5 Å². The van der Waals surface area contributed by atoms with Crippen LogP contribution < -0.4 is 4.74 Å². The third kappa shape index (κ3) is 3.81. The van der Waals surface area contributed by atoms with Crippen LogP contribution in [0.2, 0.25) is 0 Å². The summed E-state index contributed by atoms with van der Waals surface area (Å²) in [5.41, 5.74) is 0.737. The van der Waals surface area contributed by atoms with E-state index in [1.54, 1.807) is 14.2 Å². The lowest BCUT2D eigenvalue weighted by Crippen LogP contribution is -2.10. The fourth-order valence-corrected chi connectivity index (χ4v) is 1.37. The molecule has 0 aliphatic carbocycles. The first-order valence-corrected chi connectivity index (χ1v) is 5.17. The number of methoxy groups -OCH3 is 2. The maximum atomic E-state index is 9.82. The number of para-hydroxylation sites is 1. The fraction of sp³-hybridized carbons (Fsp3) is 0.500. The third-order valence-electron chi connectivity index (χ3n) is 2.15. The van der Waals surface area contributed by atoms with E-state index in [9.17, 15) is 5.11 Å². The van der Waals surface area contributed by atoms with Crippen molar-refractivity contribution < 1.29 is 19.3 Å². The van der Waals surface area contributed by atoms with Gasteiger partial charge >= 0.3 is 0 Å². The third-order valence-corrected chi connectivity index (χ3v) is 2.15. The Morgan fingerprint density at radius 1 is 1.12 bits per heavy atom. The predicted molar refractivity (Wildman–Crippen MR) is 60.6 cm³/mol. The largest absolute Gasteiger partial charge is 0.491 e. The monoisotopic (exact) mass is 226 g/mol. The van der Waals surface area contributed by atoms with Gasteiger partial charge in [0, 0.05) is 19.8 Å². The van der Waals surface area contributed by atoms with E-state index in [0.717, 1.165) is 5.56 Å². The van der Waals surface area contributed by atoms with Gasteiger partial charge in [-0.15, -0.1) is 0 Å². The molecule has 1 rings (SSSR count). The average Bonchev–Trinajstić information content (AvgIpc) is 2.30. The highest BCUT2D eigenvalue weighted by molar-refractivity contribution is 5.35. The minimum Gasteiger partial charge on any atom is -0.491 e. The zero-order valence-electron chi connectivity index (χ0n) is 9.68. The van der Waals surface area contributed by atoms with Gasteiger partial charge in [-0.3, -0.25) is 0 Å². The van der Waals surface area contributed by atoms with Crippen molar-refractivity contribution in [3.05, 3.63) is 29.8 Å². The van der Waals surface area contributed by atoms with Gasteiger partial charge in [-0.05, 0) is 6.07 Å². The van der Waals surface area contributed by atoms with Crippen LogP contribution in [0, 0.1) is 0 Å². The Bertz CT molecular complexity index is 301. The van der Waals surface area contributed by atoms with Gasteiger partial charge in [-0.25, -0.2) is 0 Å². The molecule has 1 aromatic rings. The molecule has 0 bridgehead atoms. The molecule has 90 valence electrons. The van der Waals surface area contributed by atoms with E-state index in [1.807, 2.05) is 24.3 Å². The number of ether oxygens (including phenoxy) is 3. The number of aliphatic hydroxyl groups is 1. The molecule has 0 fully saturated rings. The van der Waals surface area contributed by atoms with Crippen molar-refractivity contribution in [3.8, 4) is 5.75 Å². The molecule has 0 saturated carbocycles. The fourth-order valence-electron chi connectivity index (χ4n) is 1.37. The zero-order chi connectivity index (χ0) is 11.8. The van der Waals surface area contributed by atoms with E-state index in [4.69, 9.17) is 14.2 Å². The smallest absolute Gasteiger partial charge is 0.125 e. The molecule has 0 aliphatic rings. The number of aliphatic hydroxyl groups excluding tert-OH is 1. The van der Waals surface area contributed by atoms with Crippen molar-refractivity contribution in [2.75, 3.05) is 34.0 Å². The minimum absolute atomic E-state index is 0.255. The quantitative estimate of drug-likeness (QED) is 0.714. The summed E-state index contributed by atoms with van der Waals surface area (Å²) in [5.74, 6) is 0.670. The number of hydrogen-bond donors (Lipinski definition) is 1. The van der Waals surface area contributed by atoms with Crippen molar-refractivity contribution >= 4 is 0 Å². The second-order valence-electron chi connectivity index (χ2n) is 3.35. The van der Waals surface area contributed by atoms with E-state index < -0.39 is 6.10 Å². The zero-order valence-corrected chi connectivity index (χ0v) is 9.68. The summed E-state index contributed by atoms with van der Waals surface area (Å²) in [6.07, 6.45) is -0.663. The minimum atomic E-state index is -0.663. The van der Waals surface area contributed by atoms with E-state index in [1.165, 1.54) is 0 Å². The second-order valence-corrected chi connectivity index (χ2v) is 3.35. The number of rotatable bonds is 7. The van der Waals surface area contributed by atoms with Gasteiger partial charge in [0.15, 0.2) is 0 Å². The molecule has 0 spiro atoms. The van der Waals surface area contributed by atoms with Gasteiger partial charge in [0.2, 0.25) is 0 Å². The summed E-state index contributed by atoms with van der Waals surface area (Å²) in [6.45, 7) is 1.24. The van der Waals surface area contributed by atoms with Crippen LogP contribution >= 0.6 is 0 Å². The van der Waals surface area contributed by atoms with Gasteiger partial charge in [-0.1, -0.05) is 18.2 Å². The summed E-state index contributed by atoms with van der Waals surface area (Å²) >= 11 is 0. The van der Waals surface area contributed by atoms with Crippen LogP contribution in [0.4, 0.5) is 0 Å². The molecular formula is C12H18O4. The van der Waals surface area contributed by atoms with Gasteiger partial charge in [0.25, 0.3) is 0 Å². The standard InChI is InChI=1S/C12H18O4/c1-14-7-8-16-12-6-4-3-5-10(12)11(13)9-15-2/h3-6,11,13H,7-9H2,1-2H3. The van der Waals surface area contributed by atoms with E-state index in [0.29, 0.717) is 19.0 Å². The van der Waals surface area contributed by atoms with Crippen LogP contribution in [-0.2, 0) is 9.47 Å². The molecule has 0 aromatic heterocycles. The Balaban J connectivity index is 2.67.